The molecule has 0 aliphatic rings. The van der Waals surface area contributed by atoms with E-state index in [-0.39, 0.29) is 6.42 Å². The molecule has 5 N–H and O–H groups in total. The molecule has 7 heteroatoms. The number of nitrogens with one attached hydrogen (secondary N) is 1. The molecule has 0 aromatic carbocycles. The van der Waals surface area contributed by atoms with E-state index < -0.39 is 36.4 Å². The summed E-state index contributed by atoms with van der Waals surface area (Å²) in [5.74, 6) is -3.12. The molecule has 0 aliphatic carbocycles. The molecule has 0 saturated heterocycles. The van der Waals surface area contributed by atoms with E-state index in [4.69, 9.17) is 15.9 Å². The van der Waals surface area contributed by atoms with Crippen molar-refractivity contribution < 1.29 is 24.6 Å². The van der Waals surface area contributed by atoms with Crippen LogP contribution in [0.25, 0.3) is 0 Å². The van der Waals surface area contributed by atoms with Crippen molar-refractivity contribution >= 4 is 17.8 Å². The number of rotatable bonds is 7. The molecule has 92 valence electrons. The molecule has 0 aliphatic heterocycles. The van der Waals surface area contributed by atoms with E-state index in [1.54, 1.807) is 6.92 Å². The van der Waals surface area contributed by atoms with E-state index in [1.807, 2.05) is 0 Å². The number of aliphatic carboxylic acids is 2. The second-order valence-electron chi connectivity index (χ2n) is 3.39. The van der Waals surface area contributed by atoms with Gasteiger partial charge in [0.1, 0.15) is 6.04 Å². The summed E-state index contributed by atoms with van der Waals surface area (Å²) in [4.78, 5) is 32.3. The summed E-state index contributed by atoms with van der Waals surface area (Å²) in [6.45, 7) is 1.78. The number of carboxylic acid groups (broad SMARTS) is 2. The van der Waals surface area contributed by atoms with Gasteiger partial charge in [-0.3, -0.25) is 9.59 Å². The number of hydrogen-bond donors (Lipinski definition) is 4. The standard InChI is InChI=1S/C9H16N2O5/c1-2-3-6(9(15)16)11-8(14)5(10)4-7(12)13/h5-6H,2-4,10H2,1H3,(H,11,14)(H,12,13)(H,15,16)/t5-,6?/m0/s1. The first-order valence-corrected chi connectivity index (χ1v) is 4.89. The van der Waals surface area contributed by atoms with Crippen LogP contribution in [0.4, 0.5) is 0 Å². The largest absolute Gasteiger partial charge is 0.481 e. The normalized spacial score (nSPS) is 13.9. The lowest BCUT2D eigenvalue weighted by atomic mass is 10.1. The van der Waals surface area contributed by atoms with E-state index in [0.717, 1.165) is 0 Å². The smallest absolute Gasteiger partial charge is 0.326 e. The lowest BCUT2D eigenvalue weighted by molar-refractivity contribution is -0.142. The zero-order chi connectivity index (χ0) is 12.7. The highest BCUT2D eigenvalue weighted by Crippen LogP contribution is 1.98. The van der Waals surface area contributed by atoms with Crippen molar-refractivity contribution in [2.24, 2.45) is 5.73 Å². The number of carbonyl (C=O) groups is 3. The topological polar surface area (TPSA) is 130 Å². The van der Waals surface area contributed by atoms with Crippen molar-refractivity contribution in [3.05, 3.63) is 0 Å². The predicted octanol–water partition coefficient (Wildman–Crippen LogP) is -0.842. The molecule has 1 amide bonds. The molecule has 16 heavy (non-hydrogen) atoms. The third-order valence-electron chi connectivity index (χ3n) is 1.92. The summed E-state index contributed by atoms with van der Waals surface area (Å²) in [5, 5.41) is 19.3. The molecule has 1 unspecified atom stereocenters. The van der Waals surface area contributed by atoms with Crippen LogP contribution >= 0.6 is 0 Å². The van der Waals surface area contributed by atoms with E-state index in [9.17, 15) is 14.4 Å². The molecule has 0 aromatic rings. The van der Waals surface area contributed by atoms with E-state index in [0.29, 0.717) is 6.42 Å². The Hall–Kier alpha value is -1.63. The molecule has 2 atom stereocenters. The molecule has 0 bridgehead atoms. The lowest BCUT2D eigenvalue weighted by Gasteiger charge is -2.16. The molecule has 7 nitrogen and oxygen atoms in total. The number of carbonyl (C=O) groups excluding carboxylic acids is 1. The minimum absolute atomic E-state index is 0.279. The SMILES string of the molecule is CCCC(NC(=O)[C@@H](N)CC(=O)O)C(=O)O. The quantitative estimate of drug-likeness (QED) is 0.452. The van der Waals surface area contributed by atoms with Crippen LogP contribution in [0.5, 0.6) is 0 Å². The van der Waals surface area contributed by atoms with Crippen LogP contribution in [-0.2, 0) is 14.4 Å². The van der Waals surface area contributed by atoms with Crippen LogP contribution < -0.4 is 11.1 Å². The van der Waals surface area contributed by atoms with Crippen LogP contribution in [0.15, 0.2) is 0 Å². The summed E-state index contributed by atoms with van der Waals surface area (Å²) in [7, 11) is 0. The summed E-state index contributed by atoms with van der Waals surface area (Å²) in [5.41, 5.74) is 5.28. The van der Waals surface area contributed by atoms with Gasteiger partial charge >= 0.3 is 11.9 Å². The third-order valence-corrected chi connectivity index (χ3v) is 1.92. The second kappa shape index (κ2) is 6.78. The molecule has 0 radical (unpaired) electrons. The van der Waals surface area contributed by atoms with Gasteiger partial charge in [0.05, 0.1) is 12.5 Å². The van der Waals surface area contributed by atoms with Gasteiger partial charge in [0.25, 0.3) is 0 Å². The van der Waals surface area contributed by atoms with Crippen molar-refractivity contribution in [3.8, 4) is 0 Å². The van der Waals surface area contributed by atoms with Gasteiger partial charge in [-0.1, -0.05) is 13.3 Å². The highest BCUT2D eigenvalue weighted by atomic mass is 16.4. The number of nitrogens with two attached hydrogens (primary N) is 1. The zero-order valence-electron chi connectivity index (χ0n) is 8.97. The maximum absolute atomic E-state index is 11.3. The molecule has 0 rings (SSSR count). The molecular formula is C9H16N2O5. The van der Waals surface area contributed by atoms with Crippen molar-refractivity contribution in [1.82, 2.24) is 5.32 Å². The van der Waals surface area contributed by atoms with Crippen LogP contribution in [0.1, 0.15) is 26.2 Å². The zero-order valence-corrected chi connectivity index (χ0v) is 8.97. The molecule has 0 spiro atoms. The third kappa shape index (κ3) is 5.30. The summed E-state index contributed by atoms with van der Waals surface area (Å²) < 4.78 is 0. The Kier molecular flexibility index (Phi) is 6.09. The van der Waals surface area contributed by atoms with Crippen molar-refractivity contribution in [1.29, 1.82) is 0 Å². The second-order valence-corrected chi connectivity index (χ2v) is 3.39. The van der Waals surface area contributed by atoms with Gasteiger partial charge in [-0.25, -0.2) is 4.79 Å². The van der Waals surface area contributed by atoms with E-state index in [2.05, 4.69) is 5.32 Å². The Bertz CT molecular complexity index is 279. The number of carboxylic acids is 2. The van der Waals surface area contributed by atoms with Gasteiger partial charge in [-0.15, -0.1) is 0 Å². The first kappa shape index (κ1) is 14.4. The lowest BCUT2D eigenvalue weighted by Crippen LogP contribution is -2.49. The van der Waals surface area contributed by atoms with Crippen LogP contribution in [0.2, 0.25) is 0 Å². The van der Waals surface area contributed by atoms with Gasteiger partial charge in [-0.05, 0) is 6.42 Å². The van der Waals surface area contributed by atoms with Crippen molar-refractivity contribution in [2.45, 2.75) is 38.3 Å². The maximum atomic E-state index is 11.3. The van der Waals surface area contributed by atoms with Crippen LogP contribution in [-0.4, -0.2) is 40.1 Å². The molecule has 0 heterocycles. The van der Waals surface area contributed by atoms with Crippen LogP contribution in [0, 0.1) is 0 Å². The first-order chi connectivity index (χ1) is 7.38. The van der Waals surface area contributed by atoms with Gasteiger partial charge in [0.2, 0.25) is 5.91 Å². The minimum atomic E-state index is -1.23. The Morgan fingerprint density at radius 3 is 2.25 bits per heavy atom. The van der Waals surface area contributed by atoms with E-state index >= 15 is 0 Å². The summed E-state index contributed by atoms with van der Waals surface area (Å²) in [6, 6.07) is -2.24. The number of amides is 1. The fourth-order valence-corrected chi connectivity index (χ4v) is 1.11. The Morgan fingerprint density at radius 2 is 1.88 bits per heavy atom. The molecule has 0 aromatic heterocycles. The molecular weight excluding hydrogens is 216 g/mol. The van der Waals surface area contributed by atoms with Gasteiger partial charge < -0.3 is 21.3 Å². The van der Waals surface area contributed by atoms with E-state index in [1.165, 1.54) is 0 Å². The van der Waals surface area contributed by atoms with Crippen molar-refractivity contribution in [3.63, 3.8) is 0 Å². The van der Waals surface area contributed by atoms with Crippen LogP contribution in [0.3, 0.4) is 0 Å². The monoisotopic (exact) mass is 232 g/mol. The Balaban J connectivity index is 4.28. The fourth-order valence-electron chi connectivity index (χ4n) is 1.11. The average molecular weight is 232 g/mol. The highest BCUT2D eigenvalue weighted by Gasteiger charge is 2.23. The van der Waals surface area contributed by atoms with Crippen molar-refractivity contribution in [2.75, 3.05) is 0 Å². The van der Waals surface area contributed by atoms with Gasteiger partial charge in [0, 0.05) is 0 Å². The fraction of sp³-hybridized carbons (Fsp3) is 0.667. The average Bonchev–Trinajstić information content (AvgIpc) is 2.15. The number of hydrogen-bond acceptors (Lipinski definition) is 4. The summed E-state index contributed by atoms with van der Waals surface area (Å²) in [6.07, 6.45) is 0.344. The van der Waals surface area contributed by atoms with Gasteiger partial charge in [-0.2, -0.15) is 0 Å². The Morgan fingerprint density at radius 1 is 1.31 bits per heavy atom. The molecule has 0 saturated carbocycles. The van der Waals surface area contributed by atoms with Gasteiger partial charge in [0.15, 0.2) is 0 Å². The first-order valence-electron chi connectivity index (χ1n) is 4.89. The Labute approximate surface area is 92.6 Å². The maximum Gasteiger partial charge on any atom is 0.326 e. The summed E-state index contributed by atoms with van der Waals surface area (Å²) >= 11 is 0. The minimum Gasteiger partial charge on any atom is -0.481 e. The highest BCUT2D eigenvalue weighted by molar-refractivity contribution is 5.89. The molecule has 0 fully saturated rings. The predicted molar refractivity (Wildman–Crippen MR) is 54.7 cm³/mol.